The molecule has 0 aliphatic carbocycles. The summed E-state index contributed by atoms with van der Waals surface area (Å²) in [6.45, 7) is 1.98. The van der Waals surface area contributed by atoms with Crippen molar-refractivity contribution < 1.29 is 18.0 Å². The lowest BCUT2D eigenvalue weighted by atomic mass is 10.0. The number of benzene rings is 1. The Balaban J connectivity index is 3.09. The van der Waals surface area contributed by atoms with E-state index in [4.69, 9.17) is 11.6 Å². The van der Waals surface area contributed by atoms with E-state index in [0.29, 0.717) is 6.54 Å². The number of nitrogens with one attached hydrogen (secondary N) is 1. The van der Waals surface area contributed by atoms with Crippen LogP contribution >= 0.6 is 11.6 Å². The summed E-state index contributed by atoms with van der Waals surface area (Å²) < 4.78 is 38.0. The second kappa shape index (κ2) is 5.40. The SMILES string of the molecule is CCNC(=O)C(Cl)c1ccccc1C(F)(F)F. The zero-order valence-corrected chi connectivity index (χ0v) is 9.77. The number of halogens is 4. The average molecular weight is 266 g/mol. The third kappa shape index (κ3) is 3.36. The number of alkyl halides is 4. The normalized spacial score (nSPS) is 13.2. The van der Waals surface area contributed by atoms with Crippen LogP contribution in [0.1, 0.15) is 23.4 Å². The molecule has 0 heterocycles. The van der Waals surface area contributed by atoms with Gasteiger partial charge in [-0.2, -0.15) is 13.2 Å². The highest BCUT2D eigenvalue weighted by Gasteiger charge is 2.35. The van der Waals surface area contributed by atoms with Crippen LogP contribution in [0.3, 0.4) is 0 Å². The predicted molar refractivity (Wildman–Crippen MR) is 58.7 cm³/mol. The molecule has 6 heteroatoms. The molecule has 1 aromatic rings. The maximum atomic E-state index is 12.7. The molecule has 0 bridgehead atoms. The number of rotatable bonds is 3. The van der Waals surface area contributed by atoms with Crippen LogP contribution in [0, 0.1) is 0 Å². The van der Waals surface area contributed by atoms with Gasteiger partial charge >= 0.3 is 6.18 Å². The number of likely N-dealkylation sites (N-methyl/N-ethyl adjacent to an activating group) is 1. The Morgan fingerprint density at radius 2 is 2.00 bits per heavy atom. The van der Waals surface area contributed by atoms with Crippen LogP contribution in [0.15, 0.2) is 24.3 Å². The lowest BCUT2D eigenvalue weighted by Gasteiger charge is -2.16. The van der Waals surface area contributed by atoms with Gasteiger partial charge in [-0.3, -0.25) is 4.79 Å². The first-order chi connectivity index (χ1) is 7.88. The molecule has 2 nitrogen and oxygen atoms in total. The lowest BCUT2D eigenvalue weighted by molar-refractivity contribution is -0.138. The summed E-state index contributed by atoms with van der Waals surface area (Å²) in [5.41, 5.74) is -1.11. The molecule has 1 aromatic carbocycles. The molecule has 1 unspecified atom stereocenters. The molecule has 0 fully saturated rings. The molecule has 0 saturated heterocycles. The van der Waals surface area contributed by atoms with Crippen LogP contribution in [0.4, 0.5) is 13.2 Å². The molecule has 0 saturated carbocycles. The Bertz CT molecular complexity index is 406. The molecule has 1 atom stereocenters. The van der Waals surface area contributed by atoms with Crippen LogP contribution in [0.2, 0.25) is 0 Å². The Hall–Kier alpha value is -1.23. The van der Waals surface area contributed by atoms with Gasteiger partial charge in [-0.1, -0.05) is 18.2 Å². The molecule has 0 aromatic heterocycles. The fourth-order valence-electron chi connectivity index (χ4n) is 1.38. The van der Waals surface area contributed by atoms with E-state index in [1.807, 2.05) is 0 Å². The zero-order valence-electron chi connectivity index (χ0n) is 9.01. The molecule has 94 valence electrons. The van der Waals surface area contributed by atoms with E-state index in [9.17, 15) is 18.0 Å². The Morgan fingerprint density at radius 3 is 2.53 bits per heavy atom. The molecule has 1 rings (SSSR count). The average Bonchev–Trinajstić information content (AvgIpc) is 2.27. The highest BCUT2D eigenvalue weighted by atomic mass is 35.5. The van der Waals surface area contributed by atoms with Gasteiger partial charge in [0.1, 0.15) is 5.38 Å². The van der Waals surface area contributed by atoms with E-state index >= 15 is 0 Å². The first kappa shape index (κ1) is 13.8. The highest BCUT2D eigenvalue weighted by molar-refractivity contribution is 6.30. The Labute approximate surface area is 102 Å². The van der Waals surface area contributed by atoms with Crippen molar-refractivity contribution in [3.63, 3.8) is 0 Å². The van der Waals surface area contributed by atoms with Crippen molar-refractivity contribution in [2.75, 3.05) is 6.54 Å². The maximum Gasteiger partial charge on any atom is 0.416 e. The summed E-state index contributed by atoms with van der Waals surface area (Å²) in [4.78, 5) is 11.4. The van der Waals surface area contributed by atoms with Gasteiger partial charge in [-0.05, 0) is 18.6 Å². The first-order valence-corrected chi connectivity index (χ1v) is 5.39. The van der Waals surface area contributed by atoms with Gasteiger partial charge in [-0.15, -0.1) is 11.6 Å². The van der Waals surface area contributed by atoms with Gasteiger partial charge in [0.15, 0.2) is 0 Å². The molecule has 0 aliphatic heterocycles. The van der Waals surface area contributed by atoms with Gasteiger partial charge in [0, 0.05) is 6.54 Å². The third-order valence-corrected chi connectivity index (χ3v) is 2.55. The number of amides is 1. The van der Waals surface area contributed by atoms with Crippen molar-refractivity contribution >= 4 is 17.5 Å². The topological polar surface area (TPSA) is 29.1 Å². The molecule has 0 aliphatic rings. The minimum atomic E-state index is -4.52. The van der Waals surface area contributed by atoms with Crippen molar-refractivity contribution in [1.82, 2.24) is 5.32 Å². The summed E-state index contributed by atoms with van der Waals surface area (Å²) in [5.74, 6) is -0.633. The van der Waals surface area contributed by atoms with Crippen molar-refractivity contribution in [3.8, 4) is 0 Å². The molecule has 17 heavy (non-hydrogen) atoms. The van der Waals surface area contributed by atoms with Gasteiger partial charge in [0.2, 0.25) is 5.91 Å². The molecule has 0 radical (unpaired) electrons. The van der Waals surface area contributed by atoms with Gasteiger partial charge in [0.25, 0.3) is 0 Å². The number of hydrogen-bond acceptors (Lipinski definition) is 1. The van der Waals surface area contributed by atoms with Crippen LogP contribution < -0.4 is 5.32 Å². The van der Waals surface area contributed by atoms with E-state index in [1.165, 1.54) is 18.2 Å². The second-order valence-electron chi connectivity index (χ2n) is 3.34. The minimum Gasteiger partial charge on any atom is -0.355 e. The quantitative estimate of drug-likeness (QED) is 0.836. The summed E-state index contributed by atoms with van der Waals surface area (Å²) in [7, 11) is 0. The second-order valence-corrected chi connectivity index (χ2v) is 3.78. The van der Waals surface area contributed by atoms with Crippen molar-refractivity contribution in [2.45, 2.75) is 18.5 Å². The van der Waals surface area contributed by atoms with Crippen molar-refractivity contribution in [2.24, 2.45) is 0 Å². The van der Waals surface area contributed by atoms with E-state index in [-0.39, 0.29) is 5.56 Å². The maximum absolute atomic E-state index is 12.7. The monoisotopic (exact) mass is 265 g/mol. The lowest BCUT2D eigenvalue weighted by Crippen LogP contribution is -2.27. The standard InChI is InChI=1S/C11H11ClF3NO/c1-2-16-10(17)9(12)7-5-3-4-6-8(7)11(13,14)15/h3-6,9H,2H2,1H3,(H,16,17). The van der Waals surface area contributed by atoms with E-state index in [1.54, 1.807) is 6.92 Å². The molecule has 1 amide bonds. The Kier molecular flexibility index (Phi) is 4.40. The smallest absolute Gasteiger partial charge is 0.355 e. The van der Waals surface area contributed by atoms with Crippen LogP contribution in [-0.2, 0) is 11.0 Å². The van der Waals surface area contributed by atoms with Crippen molar-refractivity contribution in [3.05, 3.63) is 35.4 Å². The van der Waals surface area contributed by atoms with Crippen molar-refractivity contribution in [1.29, 1.82) is 0 Å². The van der Waals surface area contributed by atoms with E-state index in [2.05, 4.69) is 5.32 Å². The first-order valence-electron chi connectivity index (χ1n) is 4.95. The molecular formula is C11H11ClF3NO. The van der Waals surface area contributed by atoms with E-state index < -0.39 is 23.0 Å². The third-order valence-electron chi connectivity index (χ3n) is 2.12. The summed E-state index contributed by atoms with van der Waals surface area (Å²) in [6.07, 6.45) is -4.52. The highest BCUT2D eigenvalue weighted by Crippen LogP contribution is 2.36. The van der Waals surface area contributed by atoms with Gasteiger partial charge < -0.3 is 5.32 Å². The largest absolute Gasteiger partial charge is 0.416 e. The summed E-state index contributed by atoms with van der Waals surface area (Å²) in [6, 6.07) is 4.78. The minimum absolute atomic E-state index is 0.229. The fraction of sp³-hybridized carbons (Fsp3) is 0.364. The van der Waals surface area contributed by atoms with Crippen LogP contribution in [0.5, 0.6) is 0 Å². The van der Waals surface area contributed by atoms with E-state index in [0.717, 1.165) is 6.07 Å². The number of hydrogen-bond donors (Lipinski definition) is 1. The zero-order chi connectivity index (χ0) is 13.1. The summed E-state index contributed by atoms with van der Waals surface area (Å²) >= 11 is 5.73. The van der Waals surface area contributed by atoms with Crippen LogP contribution in [0.25, 0.3) is 0 Å². The predicted octanol–water partition coefficient (Wildman–Crippen LogP) is 3.12. The number of carbonyl (C=O) groups excluding carboxylic acids is 1. The Morgan fingerprint density at radius 1 is 1.41 bits per heavy atom. The molecular weight excluding hydrogens is 255 g/mol. The van der Waals surface area contributed by atoms with Crippen LogP contribution in [-0.4, -0.2) is 12.5 Å². The summed E-state index contributed by atoms with van der Waals surface area (Å²) in [5, 5.41) is 1.04. The fourth-order valence-corrected chi connectivity index (χ4v) is 1.65. The van der Waals surface area contributed by atoms with Gasteiger partial charge in [-0.25, -0.2) is 0 Å². The van der Waals surface area contributed by atoms with Gasteiger partial charge in [0.05, 0.1) is 5.56 Å². The molecule has 0 spiro atoms. The molecule has 1 N–H and O–H groups in total. The number of carbonyl (C=O) groups is 1.